The van der Waals surface area contributed by atoms with Crippen LogP contribution in [0.5, 0.6) is 0 Å². The first kappa shape index (κ1) is 36.4. The second-order valence-electron chi connectivity index (χ2n) is 6.83. The van der Waals surface area contributed by atoms with Crippen molar-refractivity contribution in [2.45, 2.75) is 71.4 Å². The van der Waals surface area contributed by atoms with Crippen LogP contribution >= 0.6 is 0 Å². The van der Waals surface area contributed by atoms with Crippen molar-refractivity contribution < 1.29 is 110 Å². The molecule has 0 aromatic carbocycles. The van der Waals surface area contributed by atoms with Gasteiger partial charge in [0, 0.05) is 0 Å². The van der Waals surface area contributed by atoms with Crippen LogP contribution in [0.3, 0.4) is 0 Å². The number of hydrogen-bond donors (Lipinski definition) is 1. The maximum absolute atomic E-state index is 13.5. The fourth-order valence-electron chi connectivity index (χ4n) is 2.07. The number of hydrogen-bond acceptors (Lipinski definition) is 2. The van der Waals surface area contributed by atoms with Crippen molar-refractivity contribution in [1.29, 1.82) is 0 Å². The lowest BCUT2D eigenvalue weighted by molar-refractivity contribution is -0.465. The minimum atomic E-state index is -9.38. The molecule has 0 fully saturated rings. The van der Waals surface area contributed by atoms with Crippen LogP contribution in [0.2, 0.25) is 0 Å². The summed E-state index contributed by atoms with van der Waals surface area (Å²) < 4.78 is 317. The molecule has 0 aromatic heterocycles. The van der Waals surface area contributed by atoms with Gasteiger partial charge in [0.25, 0.3) is 11.9 Å². The first-order chi connectivity index (χ1) is 16.0. The molecule has 3 nitrogen and oxygen atoms in total. The third-order valence-electron chi connectivity index (χ3n) is 4.32. The van der Waals surface area contributed by atoms with Gasteiger partial charge in [-0.05, 0) is 0 Å². The summed E-state index contributed by atoms with van der Waals surface area (Å²) in [5, 5.41) is 0. The van der Waals surface area contributed by atoms with Crippen molar-refractivity contribution in [1.82, 2.24) is 0 Å². The Morgan fingerprint density at radius 2 is 0.632 bits per heavy atom. The average molecular weight is 646 g/mol. The predicted octanol–water partition coefficient (Wildman–Crippen LogP) is 6.49. The Bertz CT molecular complexity index is 970. The van der Waals surface area contributed by atoms with Crippen LogP contribution in [0, 0.1) is 0 Å². The van der Waals surface area contributed by atoms with E-state index in [0.717, 1.165) is 0 Å². The quantitative estimate of drug-likeness (QED) is 0.195. The third-order valence-corrected chi connectivity index (χ3v) is 5.14. The molecule has 0 rings (SSSR count). The van der Waals surface area contributed by atoms with Crippen molar-refractivity contribution in [3.8, 4) is 0 Å². The molecule has 0 amide bonds. The SMILES string of the molecule is O=S(=O)(O)C(F)C(F)(F)C(F)(F)C(F)(F)C(F)(F)C(F)(F)C(F)(F)C(F)(F)C(F)(F)C(F)(F)C(F)C(F)F. The molecular formula is C12H4F22O3S. The Balaban J connectivity index is 7.19. The summed E-state index contributed by atoms with van der Waals surface area (Å²) in [6.45, 7) is 0. The molecule has 0 heterocycles. The van der Waals surface area contributed by atoms with Crippen LogP contribution in [0.1, 0.15) is 0 Å². The zero-order valence-electron chi connectivity index (χ0n) is 16.2. The van der Waals surface area contributed by atoms with E-state index in [-0.39, 0.29) is 0 Å². The minimum Gasteiger partial charge on any atom is -0.283 e. The summed E-state index contributed by atoms with van der Waals surface area (Å²) in [5.41, 5.74) is -6.19. The molecule has 38 heavy (non-hydrogen) atoms. The van der Waals surface area contributed by atoms with Crippen LogP contribution in [0.4, 0.5) is 96.6 Å². The van der Waals surface area contributed by atoms with E-state index in [1.807, 2.05) is 0 Å². The van der Waals surface area contributed by atoms with E-state index >= 15 is 0 Å². The second kappa shape index (κ2) is 9.21. The zero-order valence-corrected chi connectivity index (χ0v) is 17.0. The van der Waals surface area contributed by atoms with Crippen LogP contribution in [-0.2, 0) is 10.1 Å². The molecule has 26 heteroatoms. The molecule has 0 aliphatic rings. The van der Waals surface area contributed by atoms with Gasteiger partial charge in [-0.1, -0.05) is 0 Å². The lowest BCUT2D eigenvalue weighted by Gasteiger charge is -2.44. The van der Waals surface area contributed by atoms with Crippen LogP contribution in [0.15, 0.2) is 0 Å². The lowest BCUT2D eigenvalue weighted by Crippen LogP contribution is -2.77. The van der Waals surface area contributed by atoms with Gasteiger partial charge in [0.15, 0.2) is 0 Å². The van der Waals surface area contributed by atoms with Gasteiger partial charge in [-0.2, -0.15) is 87.4 Å². The molecule has 2 unspecified atom stereocenters. The normalized spacial score (nSPS) is 18.1. The third kappa shape index (κ3) is 4.49. The van der Waals surface area contributed by atoms with Crippen molar-refractivity contribution in [2.24, 2.45) is 0 Å². The van der Waals surface area contributed by atoms with Gasteiger partial charge in [0.1, 0.15) is 0 Å². The summed E-state index contributed by atoms with van der Waals surface area (Å²) in [5.74, 6) is -79.8. The van der Waals surface area contributed by atoms with Crippen molar-refractivity contribution in [2.75, 3.05) is 0 Å². The molecular weight excluding hydrogens is 642 g/mol. The smallest absolute Gasteiger partial charge is 0.283 e. The van der Waals surface area contributed by atoms with E-state index in [4.69, 9.17) is 4.55 Å². The fraction of sp³-hybridized carbons (Fsp3) is 1.00. The monoisotopic (exact) mass is 646 g/mol. The van der Waals surface area contributed by atoms with Gasteiger partial charge in [-0.15, -0.1) is 0 Å². The van der Waals surface area contributed by atoms with E-state index in [1.54, 1.807) is 0 Å². The molecule has 2 atom stereocenters. The van der Waals surface area contributed by atoms with E-state index in [0.29, 0.717) is 0 Å². The molecule has 0 aliphatic carbocycles. The summed E-state index contributed by atoms with van der Waals surface area (Å²) >= 11 is 0. The Labute approximate surface area is 192 Å². The molecule has 0 aromatic rings. The number of alkyl halides is 22. The molecule has 0 radical (unpaired) electrons. The van der Waals surface area contributed by atoms with E-state index < -0.39 is 81.5 Å². The Kier molecular flexibility index (Phi) is 8.81. The molecule has 1 N–H and O–H groups in total. The maximum atomic E-state index is 13.5. The largest absolute Gasteiger partial charge is 0.385 e. The molecule has 0 aliphatic heterocycles. The highest BCUT2D eigenvalue weighted by atomic mass is 32.2. The van der Waals surface area contributed by atoms with Gasteiger partial charge in [0.05, 0.1) is 0 Å². The van der Waals surface area contributed by atoms with Gasteiger partial charge < -0.3 is 0 Å². The molecule has 0 bridgehead atoms. The van der Waals surface area contributed by atoms with Gasteiger partial charge in [0.2, 0.25) is 6.17 Å². The van der Waals surface area contributed by atoms with E-state index in [2.05, 4.69) is 0 Å². The van der Waals surface area contributed by atoms with Gasteiger partial charge >= 0.3 is 63.4 Å². The molecule has 230 valence electrons. The predicted molar refractivity (Wildman–Crippen MR) is 71.9 cm³/mol. The summed E-state index contributed by atoms with van der Waals surface area (Å²) in [6, 6.07) is 0. The van der Waals surface area contributed by atoms with Crippen molar-refractivity contribution >= 4 is 10.1 Å². The van der Waals surface area contributed by atoms with Crippen LogP contribution in [0.25, 0.3) is 0 Å². The Morgan fingerprint density at radius 1 is 0.421 bits per heavy atom. The second-order valence-corrected chi connectivity index (χ2v) is 8.28. The van der Waals surface area contributed by atoms with Gasteiger partial charge in [-0.25, -0.2) is 17.6 Å². The molecule has 0 saturated carbocycles. The average Bonchev–Trinajstić information content (AvgIpc) is 2.70. The van der Waals surface area contributed by atoms with E-state index in [9.17, 15) is 105 Å². The highest BCUT2D eigenvalue weighted by molar-refractivity contribution is 7.86. The van der Waals surface area contributed by atoms with Crippen molar-refractivity contribution in [3.63, 3.8) is 0 Å². The summed E-state index contributed by atoms with van der Waals surface area (Å²) in [7, 11) is -7.40. The minimum absolute atomic E-state index is 5.55. The topological polar surface area (TPSA) is 54.4 Å². The zero-order chi connectivity index (χ0) is 31.7. The number of rotatable bonds is 12. The Morgan fingerprint density at radius 3 is 0.842 bits per heavy atom. The summed E-state index contributed by atoms with van der Waals surface area (Å²) in [6.07, 6.45) is -11.6. The van der Waals surface area contributed by atoms with E-state index in [1.165, 1.54) is 0 Å². The first-order valence-electron chi connectivity index (χ1n) is 7.94. The first-order valence-corrected chi connectivity index (χ1v) is 9.44. The molecule has 0 spiro atoms. The lowest BCUT2D eigenvalue weighted by atomic mass is 9.86. The van der Waals surface area contributed by atoms with Gasteiger partial charge in [-0.3, -0.25) is 4.55 Å². The summed E-state index contributed by atoms with van der Waals surface area (Å²) in [4.78, 5) is 0. The molecule has 0 saturated heterocycles. The van der Waals surface area contributed by atoms with Crippen LogP contribution < -0.4 is 0 Å². The van der Waals surface area contributed by atoms with Crippen LogP contribution in [-0.4, -0.2) is 84.4 Å². The highest BCUT2D eigenvalue weighted by Crippen LogP contribution is 2.65. The van der Waals surface area contributed by atoms with Crippen molar-refractivity contribution in [3.05, 3.63) is 0 Å². The maximum Gasteiger partial charge on any atom is 0.385 e. The highest BCUT2D eigenvalue weighted by Gasteiger charge is 2.97. The Hall–Kier alpha value is -1.63. The fourth-order valence-corrected chi connectivity index (χ4v) is 2.59. The standard InChI is InChI=1S/C12H4F22O3S/c13-1(2(14)15)4(17,18)6(21,22)8(25,26)10(29,30)12(33,34)11(31,32)9(27,28)7(23,24)5(19,20)3(16)38(35,36)37/h1-3H,(H,35,36,37). The number of halogens is 22.